The molecule has 2 aromatic rings. The summed E-state index contributed by atoms with van der Waals surface area (Å²) in [4.78, 5) is 15.0. The molecule has 1 heterocycles. The average molecular weight is 205 g/mol. The first-order valence-corrected chi connectivity index (χ1v) is 5.80. The fourth-order valence-electron chi connectivity index (χ4n) is 1.47. The topological polar surface area (TPSA) is 32.9 Å². The first-order chi connectivity index (χ1) is 6.83. The molecule has 0 atom stereocenters. The van der Waals surface area contributed by atoms with Gasteiger partial charge in [0.2, 0.25) is 0 Å². The third-order valence-corrected chi connectivity index (χ3v) is 2.76. The molecule has 2 nitrogen and oxygen atoms in total. The Morgan fingerprint density at radius 3 is 2.93 bits per heavy atom. The molecule has 0 bridgehead atoms. The highest BCUT2D eigenvalue weighted by Gasteiger charge is 2.02. The van der Waals surface area contributed by atoms with Crippen LogP contribution in [0.25, 0.3) is 10.9 Å². The van der Waals surface area contributed by atoms with Crippen LogP contribution in [0.1, 0.15) is 5.56 Å². The molecule has 0 aliphatic heterocycles. The number of aromatic amines is 1. The number of hydrogen-bond donors (Lipinski definition) is 1. The molecule has 0 fully saturated rings. The second kappa shape index (κ2) is 3.88. The van der Waals surface area contributed by atoms with Gasteiger partial charge in [-0.2, -0.15) is 11.8 Å². The summed E-state index contributed by atoms with van der Waals surface area (Å²) in [6, 6.07) is 7.59. The predicted molar refractivity (Wildman–Crippen MR) is 61.8 cm³/mol. The third kappa shape index (κ3) is 1.55. The number of para-hydroxylation sites is 1. The first-order valence-electron chi connectivity index (χ1n) is 4.41. The van der Waals surface area contributed by atoms with Gasteiger partial charge in [-0.25, -0.2) is 0 Å². The van der Waals surface area contributed by atoms with Crippen molar-refractivity contribution in [3.05, 3.63) is 46.2 Å². The van der Waals surface area contributed by atoms with Crippen molar-refractivity contribution in [1.29, 1.82) is 0 Å². The molecule has 72 valence electrons. The highest BCUT2D eigenvalue weighted by atomic mass is 32.2. The number of aromatic nitrogens is 1. The van der Waals surface area contributed by atoms with Crippen LogP contribution in [0.2, 0.25) is 0 Å². The molecule has 0 amide bonds. The quantitative estimate of drug-likeness (QED) is 0.816. The van der Waals surface area contributed by atoms with E-state index in [0.29, 0.717) is 0 Å². The Balaban J connectivity index is 2.69. The van der Waals surface area contributed by atoms with Crippen molar-refractivity contribution in [3.8, 4) is 0 Å². The van der Waals surface area contributed by atoms with Gasteiger partial charge < -0.3 is 4.98 Å². The Bertz CT molecular complexity index is 504. The van der Waals surface area contributed by atoms with E-state index >= 15 is 0 Å². The van der Waals surface area contributed by atoms with Gasteiger partial charge in [0.1, 0.15) is 0 Å². The molecule has 0 unspecified atom stereocenters. The zero-order valence-electron chi connectivity index (χ0n) is 7.91. The molecular weight excluding hydrogens is 194 g/mol. The maximum Gasteiger partial charge on any atom is 0.193 e. The second-order valence-electron chi connectivity index (χ2n) is 3.12. The smallest absolute Gasteiger partial charge is 0.193 e. The van der Waals surface area contributed by atoms with Gasteiger partial charge in [-0.3, -0.25) is 4.79 Å². The van der Waals surface area contributed by atoms with Gasteiger partial charge in [0.25, 0.3) is 0 Å². The van der Waals surface area contributed by atoms with Crippen LogP contribution in [-0.2, 0) is 5.75 Å². The summed E-state index contributed by atoms with van der Waals surface area (Å²) in [6.07, 6.45) is 3.80. The predicted octanol–water partition coefficient (Wildman–Crippen LogP) is 2.39. The van der Waals surface area contributed by atoms with Crippen LogP contribution in [0.5, 0.6) is 0 Å². The van der Waals surface area contributed by atoms with E-state index in [0.717, 1.165) is 22.2 Å². The lowest BCUT2D eigenvalue weighted by molar-refractivity contribution is 1.28. The normalized spacial score (nSPS) is 10.6. The third-order valence-electron chi connectivity index (χ3n) is 2.17. The first kappa shape index (κ1) is 9.34. The van der Waals surface area contributed by atoms with Crippen molar-refractivity contribution >= 4 is 22.7 Å². The van der Waals surface area contributed by atoms with Gasteiger partial charge in [-0.05, 0) is 18.4 Å². The Kier molecular flexibility index (Phi) is 2.59. The molecule has 0 aliphatic rings. The maximum atomic E-state index is 11.9. The SMILES string of the molecule is CSCc1c[nH]c2ccccc2c1=O. The highest BCUT2D eigenvalue weighted by Crippen LogP contribution is 2.09. The molecule has 0 saturated heterocycles. The van der Waals surface area contributed by atoms with E-state index in [9.17, 15) is 4.79 Å². The number of rotatable bonds is 2. The Morgan fingerprint density at radius 1 is 1.36 bits per heavy atom. The van der Waals surface area contributed by atoms with E-state index in [1.165, 1.54) is 0 Å². The molecule has 1 N–H and O–H groups in total. The van der Waals surface area contributed by atoms with Crippen LogP contribution < -0.4 is 5.43 Å². The fraction of sp³-hybridized carbons (Fsp3) is 0.182. The summed E-state index contributed by atoms with van der Waals surface area (Å²) < 4.78 is 0. The molecule has 0 radical (unpaired) electrons. The van der Waals surface area contributed by atoms with E-state index < -0.39 is 0 Å². The zero-order chi connectivity index (χ0) is 9.97. The van der Waals surface area contributed by atoms with Crippen LogP contribution in [-0.4, -0.2) is 11.2 Å². The highest BCUT2D eigenvalue weighted by molar-refractivity contribution is 7.97. The molecule has 1 aromatic carbocycles. The summed E-state index contributed by atoms with van der Waals surface area (Å²) in [5.41, 5.74) is 1.90. The van der Waals surface area contributed by atoms with Crippen LogP contribution in [0, 0.1) is 0 Å². The van der Waals surface area contributed by atoms with E-state index in [4.69, 9.17) is 0 Å². The van der Waals surface area contributed by atoms with Crippen LogP contribution in [0.3, 0.4) is 0 Å². The van der Waals surface area contributed by atoms with Gasteiger partial charge in [0, 0.05) is 28.4 Å². The van der Waals surface area contributed by atoms with E-state index in [1.807, 2.05) is 30.5 Å². The summed E-state index contributed by atoms with van der Waals surface area (Å²) in [7, 11) is 0. The van der Waals surface area contributed by atoms with E-state index in [-0.39, 0.29) is 5.43 Å². The number of thioether (sulfide) groups is 1. The van der Waals surface area contributed by atoms with Crippen molar-refractivity contribution in [2.24, 2.45) is 0 Å². The number of H-pyrrole nitrogens is 1. The minimum atomic E-state index is 0.147. The van der Waals surface area contributed by atoms with Gasteiger partial charge >= 0.3 is 0 Å². The lowest BCUT2D eigenvalue weighted by atomic mass is 10.2. The van der Waals surface area contributed by atoms with Crippen LogP contribution >= 0.6 is 11.8 Å². The zero-order valence-corrected chi connectivity index (χ0v) is 8.73. The number of pyridine rings is 1. The number of fused-ring (bicyclic) bond motifs is 1. The molecule has 0 aliphatic carbocycles. The lowest BCUT2D eigenvalue weighted by Gasteiger charge is -2.00. The summed E-state index contributed by atoms with van der Waals surface area (Å²) in [6.45, 7) is 0. The lowest BCUT2D eigenvalue weighted by Crippen LogP contribution is -2.08. The van der Waals surface area contributed by atoms with Crippen molar-refractivity contribution in [2.45, 2.75) is 5.75 Å². The average Bonchev–Trinajstić information content (AvgIpc) is 2.23. The van der Waals surface area contributed by atoms with Crippen LogP contribution in [0.15, 0.2) is 35.3 Å². The standard InChI is InChI=1S/C11H11NOS/c1-14-7-8-6-12-10-5-3-2-4-9(10)11(8)13/h2-6H,7H2,1H3,(H,12,13). The summed E-state index contributed by atoms with van der Waals surface area (Å²) in [5.74, 6) is 0.764. The minimum absolute atomic E-state index is 0.147. The van der Waals surface area contributed by atoms with Crippen molar-refractivity contribution in [2.75, 3.05) is 6.26 Å². The van der Waals surface area contributed by atoms with Gasteiger partial charge in [-0.1, -0.05) is 12.1 Å². The number of benzene rings is 1. The van der Waals surface area contributed by atoms with Crippen molar-refractivity contribution in [1.82, 2.24) is 4.98 Å². The summed E-state index contributed by atoms with van der Waals surface area (Å²) >= 11 is 1.66. The number of hydrogen-bond acceptors (Lipinski definition) is 2. The Hall–Kier alpha value is -1.22. The van der Waals surface area contributed by atoms with Crippen molar-refractivity contribution < 1.29 is 0 Å². The molecule has 3 heteroatoms. The maximum absolute atomic E-state index is 11.9. The Labute approximate surface area is 86.3 Å². The van der Waals surface area contributed by atoms with E-state index in [2.05, 4.69) is 4.98 Å². The van der Waals surface area contributed by atoms with Crippen molar-refractivity contribution in [3.63, 3.8) is 0 Å². The minimum Gasteiger partial charge on any atom is -0.361 e. The molecule has 14 heavy (non-hydrogen) atoms. The van der Waals surface area contributed by atoms with Gasteiger partial charge in [-0.15, -0.1) is 0 Å². The monoisotopic (exact) mass is 205 g/mol. The molecule has 2 rings (SSSR count). The largest absolute Gasteiger partial charge is 0.361 e. The summed E-state index contributed by atoms with van der Waals surface area (Å²) in [5, 5.41) is 0.777. The molecular formula is C11H11NOS. The molecule has 1 aromatic heterocycles. The molecule has 0 saturated carbocycles. The van der Waals surface area contributed by atoms with Gasteiger partial charge in [0.15, 0.2) is 5.43 Å². The van der Waals surface area contributed by atoms with E-state index in [1.54, 1.807) is 18.0 Å². The number of nitrogens with one attached hydrogen (secondary N) is 1. The van der Waals surface area contributed by atoms with Crippen LogP contribution in [0.4, 0.5) is 0 Å². The van der Waals surface area contributed by atoms with Gasteiger partial charge in [0.05, 0.1) is 0 Å². The fourth-order valence-corrected chi connectivity index (χ4v) is 2.00. The Morgan fingerprint density at radius 2 is 2.14 bits per heavy atom. The molecule has 0 spiro atoms. The second-order valence-corrected chi connectivity index (χ2v) is 3.99.